The molecule has 74 valence electrons. The zero-order chi connectivity index (χ0) is 10.1. The van der Waals surface area contributed by atoms with Crippen molar-refractivity contribution >= 4 is 10.9 Å². The summed E-state index contributed by atoms with van der Waals surface area (Å²) in [6, 6.07) is 6.62. The minimum atomic E-state index is 0.645. The van der Waals surface area contributed by atoms with Crippen LogP contribution in [0.3, 0.4) is 0 Å². The molecule has 0 bridgehead atoms. The van der Waals surface area contributed by atoms with Crippen molar-refractivity contribution in [3.63, 3.8) is 0 Å². The topological polar surface area (TPSA) is 15.8 Å². The molecule has 1 heterocycles. The lowest BCUT2D eigenvalue weighted by molar-refractivity contribution is 0.739. The molecular formula is C13H17N. The van der Waals surface area contributed by atoms with Crippen molar-refractivity contribution in [2.45, 2.75) is 33.1 Å². The molecule has 1 aromatic carbocycles. The van der Waals surface area contributed by atoms with E-state index >= 15 is 0 Å². The smallest absolute Gasteiger partial charge is 0.0459 e. The van der Waals surface area contributed by atoms with Gasteiger partial charge in [0, 0.05) is 17.1 Å². The van der Waals surface area contributed by atoms with E-state index in [0.29, 0.717) is 5.92 Å². The summed E-state index contributed by atoms with van der Waals surface area (Å²) in [4.78, 5) is 3.34. The Morgan fingerprint density at radius 2 is 2.14 bits per heavy atom. The molecule has 1 atom stereocenters. The van der Waals surface area contributed by atoms with Crippen LogP contribution in [0, 0.1) is 6.92 Å². The highest BCUT2D eigenvalue weighted by Gasteiger charge is 2.08. The number of nitrogens with one attached hydrogen (secondary N) is 1. The van der Waals surface area contributed by atoms with Gasteiger partial charge in [0.25, 0.3) is 0 Å². The van der Waals surface area contributed by atoms with E-state index in [1.54, 1.807) is 0 Å². The van der Waals surface area contributed by atoms with E-state index in [4.69, 9.17) is 0 Å². The first-order chi connectivity index (χ1) is 6.72. The molecule has 0 unspecified atom stereocenters. The molecule has 0 fully saturated rings. The predicted molar refractivity (Wildman–Crippen MR) is 61.7 cm³/mol. The van der Waals surface area contributed by atoms with Crippen LogP contribution in [0.15, 0.2) is 24.4 Å². The van der Waals surface area contributed by atoms with Crippen LogP contribution < -0.4 is 0 Å². The van der Waals surface area contributed by atoms with Gasteiger partial charge in [0.05, 0.1) is 0 Å². The molecule has 0 aliphatic rings. The van der Waals surface area contributed by atoms with Crippen LogP contribution in [0.5, 0.6) is 0 Å². The molecule has 14 heavy (non-hydrogen) atoms. The second-order valence-corrected chi connectivity index (χ2v) is 4.10. The van der Waals surface area contributed by atoms with Crippen LogP contribution in [-0.2, 0) is 0 Å². The number of aromatic nitrogens is 1. The third kappa shape index (κ3) is 1.43. The lowest BCUT2D eigenvalue weighted by Gasteiger charge is -2.06. The molecule has 0 saturated heterocycles. The van der Waals surface area contributed by atoms with Gasteiger partial charge >= 0.3 is 0 Å². The van der Waals surface area contributed by atoms with Gasteiger partial charge in [-0.05, 0) is 36.5 Å². The average Bonchev–Trinajstić information content (AvgIpc) is 2.59. The Labute approximate surface area is 85.1 Å². The van der Waals surface area contributed by atoms with Gasteiger partial charge < -0.3 is 4.98 Å². The highest BCUT2D eigenvalue weighted by atomic mass is 14.7. The van der Waals surface area contributed by atoms with Gasteiger partial charge in [-0.25, -0.2) is 0 Å². The summed E-state index contributed by atoms with van der Waals surface area (Å²) < 4.78 is 0. The maximum atomic E-state index is 3.34. The molecule has 0 aliphatic heterocycles. The lowest BCUT2D eigenvalue weighted by atomic mass is 9.98. The monoisotopic (exact) mass is 187 g/mol. The molecule has 1 nitrogen and oxygen atoms in total. The Balaban J connectivity index is 2.58. The van der Waals surface area contributed by atoms with E-state index in [1.807, 2.05) is 0 Å². The maximum Gasteiger partial charge on any atom is 0.0459 e. The van der Waals surface area contributed by atoms with Crippen LogP contribution in [0.2, 0.25) is 0 Å². The number of aryl methyl sites for hydroxylation is 1. The number of aromatic amines is 1. The van der Waals surface area contributed by atoms with Crippen LogP contribution in [0.1, 0.15) is 37.3 Å². The number of hydrogen-bond donors (Lipinski definition) is 1. The third-order valence-electron chi connectivity index (χ3n) is 3.01. The molecule has 0 spiro atoms. The number of fused-ring (bicyclic) bond motifs is 1. The molecule has 1 heteroatoms. The van der Waals surface area contributed by atoms with Gasteiger partial charge in [-0.2, -0.15) is 0 Å². The van der Waals surface area contributed by atoms with Crippen molar-refractivity contribution in [1.29, 1.82) is 0 Å². The van der Waals surface area contributed by atoms with E-state index in [0.717, 1.165) is 0 Å². The summed E-state index contributed by atoms with van der Waals surface area (Å²) in [5, 5.41) is 1.38. The Bertz CT molecular complexity index is 439. The maximum absolute atomic E-state index is 3.34. The molecular weight excluding hydrogens is 170 g/mol. The van der Waals surface area contributed by atoms with Gasteiger partial charge in [-0.1, -0.05) is 26.0 Å². The Kier molecular flexibility index (Phi) is 2.32. The molecule has 0 aliphatic carbocycles. The minimum Gasteiger partial charge on any atom is -0.361 e. The van der Waals surface area contributed by atoms with Gasteiger partial charge in [0.15, 0.2) is 0 Å². The number of rotatable bonds is 2. The largest absolute Gasteiger partial charge is 0.361 e. The Morgan fingerprint density at radius 1 is 1.36 bits per heavy atom. The quantitative estimate of drug-likeness (QED) is 0.731. The molecule has 0 saturated carbocycles. The van der Waals surface area contributed by atoms with Gasteiger partial charge in [-0.3, -0.25) is 0 Å². The Hall–Kier alpha value is -1.24. The fourth-order valence-corrected chi connectivity index (χ4v) is 1.89. The van der Waals surface area contributed by atoms with E-state index in [1.165, 1.54) is 28.5 Å². The molecule has 1 N–H and O–H groups in total. The van der Waals surface area contributed by atoms with Gasteiger partial charge in [-0.15, -0.1) is 0 Å². The van der Waals surface area contributed by atoms with Gasteiger partial charge in [0.1, 0.15) is 0 Å². The summed E-state index contributed by atoms with van der Waals surface area (Å²) >= 11 is 0. The molecule has 2 aromatic rings. The highest BCUT2D eigenvalue weighted by molar-refractivity contribution is 5.84. The first-order valence-electron chi connectivity index (χ1n) is 5.30. The van der Waals surface area contributed by atoms with E-state index in [-0.39, 0.29) is 0 Å². The molecule has 0 radical (unpaired) electrons. The fourth-order valence-electron chi connectivity index (χ4n) is 1.89. The van der Waals surface area contributed by atoms with Crippen molar-refractivity contribution in [1.82, 2.24) is 4.98 Å². The summed E-state index contributed by atoms with van der Waals surface area (Å²) in [7, 11) is 0. The van der Waals surface area contributed by atoms with Crippen LogP contribution in [-0.4, -0.2) is 4.98 Å². The highest BCUT2D eigenvalue weighted by Crippen LogP contribution is 2.27. The van der Waals surface area contributed by atoms with Crippen molar-refractivity contribution < 1.29 is 0 Å². The second-order valence-electron chi connectivity index (χ2n) is 4.10. The van der Waals surface area contributed by atoms with Crippen LogP contribution in [0.4, 0.5) is 0 Å². The van der Waals surface area contributed by atoms with E-state index < -0.39 is 0 Å². The van der Waals surface area contributed by atoms with E-state index in [9.17, 15) is 0 Å². The first-order valence-corrected chi connectivity index (χ1v) is 5.30. The van der Waals surface area contributed by atoms with Gasteiger partial charge in [0.2, 0.25) is 0 Å². The van der Waals surface area contributed by atoms with Crippen molar-refractivity contribution in [2.24, 2.45) is 0 Å². The standard InChI is InChI=1S/C13H17N/c1-4-10(3)12-8-14-13-7-9(2)5-6-11(12)13/h5-8,10,14H,4H2,1-3H3/t10-/m0/s1. The molecule has 2 rings (SSSR count). The number of H-pyrrole nitrogens is 1. The first kappa shape index (κ1) is 9.32. The summed E-state index contributed by atoms with van der Waals surface area (Å²) in [5.74, 6) is 0.645. The summed E-state index contributed by atoms with van der Waals surface area (Å²) in [6.07, 6.45) is 3.35. The average molecular weight is 187 g/mol. The lowest BCUT2D eigenvalue weighted by Crippen LogP contribution is -1.88. The summed E-state index contributed by atoms with van der Waals surface area (Å²) in [6.45, 7) is 6.64. The van der Waals surface area contributed by atoms with Crippen LogP contribution in [0.25, 0.3) is 10.9 Å². The SMILES string of the molecule is CC[C@H](C)c1c[nH]c2cc(C)ccc12. The predicted octanol–water partition coefficient (Wildman–Crippen LogP) is 3.99. The second kappa shape index (κ2) is 3.49. The zero-order valence-electron chi connectivity index (χ0n) is 9.09. The normalized spacial score (nSPS) is 13.4. The molecule has 1 aromatic heterocycles. The molecule has 0 amide bonds. The third-order valence-corrected chi connectivity index (χ3v) is 3.01. The minimum absolute atomic E-state index is 0.645. The van der Waals surface area contributed by atoms with Crippen LogP contribution >= 0.6 is 0 Å². The number of hydrogen-bond acceptors (Lipinski definition) is 0. The van der Waals surface area contributed by atoms with Crippen molar-refractivity contribution in [2.75, 3.05) is 0 Å². The zero-order valence-corrected chi connectivity index (χ0v) is 9.09. The van der Waals surface area contributed by atoms with Crippen molar-refractivity contribution in [3.05, 3.63) is 35.5 Å². The fraction of sp³-hybridized carbons (Fsp3) is 0.385. The Morgan fingerprint density at radius 3 is 2.86 bits per heavy atom. The van der Waals surface area contributed by atoms with Crippen molar-refractivity contribution in [3.8, 4) is 0 Å². The summed E-state index contributed by atoms with van der Waals surface area (Å²) in [5.41, 5.74) is 4.03. The number of benzene rings is 1. The van der Waals surface area contributed by atoms with E-state index in [2.05, 4.69) is 50.2 Å².